The number of nitrogens with two attached hydrogens (primary N) is 2. The highest BCUT2D eigenvalue weighted by Crippen LogP contribution is 2.37. The van der Waals surface area contributed by atoms with Crippen molar-refractivity contribution in [1.82, 2.24) is 19.9 Å². The zero-order chi connectivity index (χ0) is 48.7. The number of anilines is 8. The van der Waals surface area contributed by atoms with Gasteiger partial charge >= 0.3 is 7.12 Å². The third kappa shape index (κ3) is 11.6. The normalized spacial score (nSPS) is 16.2. The molecule has 14 nitrogen and oxygen atoms in total. The zero-order valence-electron chi connectivity index (χ0n) is 39.9. The fourth-order valence-corrected chi connectivity index (χ4v) is 8.70. The van der Waals surface area contributed by atoms with E-state index >= 15 is 0 Å². The summed E-state index contributed by atoms with van der Waals surface area (Å²) < 4.78 is 23.6. The molecule has 8 aromatic rings. The fraction of sp³-hybridized carbons (Fsp3) is 0.259. The highest BCUT2D eigenvalue weighted by Gasteiger charge is 2.51. The molecule has 0 saturated carbocycles. The smallest absolute Gasteiger partial charge is 0.399 e. The average Bonchev–Trinajstić information content (AvgIpc) is 3.60. The van der Waals surface area contributed by atoms with Crippen molar-refractivity contribution in [2.24, 2.45) is 0 Å². The van der Waals surface area contributed by atoms with Gasteiger partial charge in [-0.25, -0.2) is 19.9 Å². The topological polar surface area (TPSA) is 171 Å². The quantitative estimate of drug-likeness (QED) is 0.0838. The van der Waals surface area contributed by atoms with Gasteiger partial charge in [0, 0.05) is 93.5 Å². The van der Waals surface area contributed by atoms with Crippen molar-refractivity contribution in [2.75, 3.05) is 84.5 Å². The number of para-hydroxylation sites is 2. The van der Waals surface area contributed by atoms with Gasteiger partial charge in [0.2, 0.25) is 11.9 Å². The third-order valence-electron chi connectivity index (χ3n) is 12.8. The van der Waals surface area contributed by atoms with E-state index in [4.69, 9.17) is 35.2 Å². The first-order chi connectivity index (χ1) is 33.9. The minimum Gasteiger partial charge on any atom is -0.399 e. The van der Waals surface area contributed by atoms with Gasteiger partial charge in [0.15, 0.2) is 0 Å². The summed E-state index contributed by atoms with van der Waals surface area (Å²) >= 11 is 3.54. The van der Waals surface area contributed by atoms with Gasteiger partial charge in [-0.3, -0.25) is 0 Å². The number of benzene rings is 6. The molecule has 0 unspecified atom stereocenters. The molecule has 6 N–H and O–H groups in total. The maximum atomic E-state index is 5.98. The molecule has 0 radical (unpaired) electrons. The Balaban J connectivity index is 0.000000137. The lowest BCUT2D eigenvalue weighted by Gasteiger charge is -2.32. The Morgan fingerprint density at radius 2 is 1.03 bits per heavy atom. The zero-order valence-corrected chi connectivity index (χ0v) is 41.5. The predicted octanol–water partition coefficient (Wildman–Crippen LogP) is 10.00. The van der Waals surface area contributed by atoms with E-state index < -0.39 is 0 Å². The summed E-state index contributed by atoms with van der Waals surface area (Å²) in [6.45, 7) is 15.0. The number of hydrogen-bond donors (Lipinski definition) is 4. The molecule has 16 heteroatoms. The van der Waals surface area contributed by atoms with Crippen LogP contribution in [0.2, 0.25) is 0 Å². The number of aromatic nitrogens is 4. The van der Waals surface area contributed by atoms with Crippen LogP contribution in [0, 0.1) is 0 Å². The van der Waals surface area contributed by atoms with Crippen molar-refractivity contribution in [3.05, 3.63) is 150 Å². The Morgan fingerprint density at radius 3 is 1.56 bits per heavy atom. The minimum atomic E-state index is -0.325. The van der Waals surface area contributed by atoms with Gasteiger partial charge in [-0.15, -0.1) is 0 Å². The van der Waals surface area contributed by atoms with Crippen LogP contribution in [0.25, 0.3) is 32.9 Å². The summed E-state index contributed by atoms with van der Waals surface area (Å²) in [7, 11) is -0.325. The molecule has 3 aliphatic rings. The lowest BCUT2D eigenvalue weighted by Crippen LogP contribution is -2.41. The van der Waals surface area contributed by atoms with Gasteiger partial charge in [0.1, 0.15) is 0 Å². The highest BCUT2D eigenvalue weighted by molar-refractivity contribution is 9.10. The second-order valence-electron chi connectivity index (χ2n) is 18.2. The number of rotatable bonds is 8. The lowest BCUT2D eigenvalue weighted by molar-refractivity contribution is 0.00578. The van der Waals surface area contributed by atoms with Crippen LogP contribution in [-0.4, -0.2) is 90.9 Å². The Morgan fingerprint density at radius 1 is 0.557 bits per heavy atom. The van der Waals surface area contributed by atoms with Crippen LogP contribution >= 0.6 is 15.9 Å². The lowest BCUT2D eigenvalue weighted by atomic mass is 9.79. The monoisotopic (exact) mass is 1000 g/mol. The summed E-state index contributed by atoms with van der Waals surface area (Å²) in [4.78, 5) is 22.9. The van der Waals surface area contributed by atoms with E-state index in [-0.39, 0.29) is 18.3 Å². The number of fused-ring (bicyclic) bond motifs is 2. The summed E-state index contributed by atoms with van der Waals surface area (Å²) in [5.74, 6) is 1.16. The minimum absolute atomic E-state index is 0.303. The van der Waals surface area contributed by atoms with Crippen LogP contribution in [0.4, 0.5) is 46.0 Å². The maximum Gasteiger partial charge on any atom is 0.494 e. The van der Waals surface area contributed by atoms with Crippen LogP contribution < -0.4 is 37.4 Å². The summed E-state index contributed by atoms with van der Waals surface area (Å²) in [5.41, 5.74) is 21.8. The van der Waals surface area contributed by atoms with E-state index in [2.05, 4.69) is 106 Å². The van der Waals surface area contributed by atoms with Gasteiger partial charge in [0.25, 0.3) is 0 Å². The third-order valence-corrected chi connectivity index (χ3v) is 13.4. The number of nitrogens with zero attached hydrogens (tertiary/aromatic N) is 6. The van der Waals surface area contributed by atoms with E-state index in [1.165, 1.54) is 11.4 Å². The van der Waals surface area contributed by atoms with E-state index in [0.717, 1.165) is 118 Å². The van der Waals surface area contributed by atoms with Crippen LogP contribution in [0.5, 0.6) is 0 Å². The summed E-state index contributed by atoms with van der Waals surface area (Å²) in [6.07, 6.45) is 3.68. The van der Waals surface area contributed by atoms with Gasteiger partial charge in [-0.2, -0.15) is 0 Å². The number of morpholine rings is 2. The van der Waals surface area contributed by atoms with E-state index in [9.17, 15) is 0 Å². The standard InChI is InChI=1S/C24H23N5O.C18H17BrN4O.C12H18BNO2/c25-19-5-1-3-17(15-19)22-6-2-4-18-16-26-24(28-23(18)22)27-20-7-9-21(10-8-20)29-11-13-30-14-12-29;19-16-3-1-2-13-12-20-18(22-17(13)16)21-14-4-6-15(7-5-14)23-8-10-24-11-9-23;1-11(2)12(3,4)16-13(15-11)9-6-5-7-10(14)8-9/h1-10,15-16H,11-14,25H2,(H,26,27,28);1-7,12H,8-11H2,(H,20,21,22);5-8H,14H2,1-4H3. The molecule has 3 fully saturated rings. The van der Waals surface area contributed by atoms with Crippen molar-refractivity contribution in [2.45, 2.75) is 38.9 Å². The molecule has 0 bridgehead atoms. The Bertz CT molecular complexity index is 3030. The van der Waals surface area contributed by atoms with Crippen molar-refractivity contribution < 1.29 is 18.8 Å². The van der Waals surface area contributed by atoms with Crippen molar-refractivity contribution in [1.29, 1.82) is 0 Å². The summed E-state index contributed by atoms with van der Waals surface area (Å²) in [5, 5.41) is 8.59. The van der Waals surface area contributed by atoms with Crippen molar-refractivity contribution in [3.63, 3.8) is 0 Å². The van der Waals surface area contributed by atoms with Crippen LogP contribution in [0.1, 0.15) is 27.7 Å². The molecule has 2 aromatic heterocycles. The molecule has 0 atom stereocenters. The van der Waals surface area contributed by atoms with Gasteiger partial charge in [-0.1, -0.05) is 54.6 Å². The molecule has 0 amide bonds. The molecule has 5 heterocycles. The first-order valence-electron chi connectivity index (χ1n) is 23.5. The highest BCUT2D eigenvalue weighted by atomic mass is 79.9. The first kappa shape index (κ1) is 48.2. The largest absolute Gasteiger partial charge is 0.494 e. The Hall–Kier alpha value is -6.82. The second-order valence-corrected chi connectivity index (χ2v) is 19.1. The van der Waals surface area contributed by atoms with E-state index in [1.807, 2.05) is 119 Å². The molecule has 11 rings (SSSR count). The molecule has 3 aliphatic heterocycles. The fourth-order valence-electron chi connectivity index (χ4n) is 8.23. The second kappa shape index (κ2) is 21.4. The predicted molar refractivity (Wildman–Crippen MR) is 289 cm³/mol. The van der Waals surface area contributed by atoms with Gasteiger partial charge in [0.05, 0.1) is 48.7 Å². The van der Waals surface area contributed by atoms with Crippen molar-refractivity contribution >= 4 is 96.3 Å². The van der Waals surface area contributed by atoms with Crippen LogP contribution in [0.15, 0.2) is 150 Å². The number of nitrogens with one attached hydrogen (secondary N) is 2. The molecule has 358 valence electrons. The van der Waals surface area contributed by atoms with Crippen molar-refractivity contribution in [3.8, 4) is 11.1 Å². The maximum absolute atomic E-state index is 5.98. The molecule has 6 aromatic carbocycles. The number of nitrogen functional groups attached to an aromatic ring is 2. The number of halogens is 1. The molecule has 3 saturated heterocycles. The molecule has 70 heavy (non-hydrogen) atoms. The Kier molecular flexibility index (Phi) is 14.8. The van der Waals surface area contributed by atoms with E-state index in [0.29, 0.717) is 11.9 Å². The molecular weight excluding hydrogens is 943 g/mol. The van der Waals surface area contributed by atoms with Crippen LogP contribution in [0.3, 0.4) is 0 Å². The van der Waals surface area contributed by atoms with E-state index in [1.54, 1.807) is 0 Å². The first-order valence-corrected chi connectivity index (χ1v) is 24.3. The van der Waals surface area contributed by atoms with Crippen LogP contribution in [-0.2, 0) is 18.8 Å². The average molecular weight is 1000 g/mol. The SMILES string of the molecule is Brc1cccc2cnc(Nc3ccc(N4CCOCC4)cc3)nc12.CC1(C)OB(c2cccc(N)c2)OC1(C)C.Nc1cccc(-c2cccc3cnc(Nc4ccc(N5CCOCC5)cc4)nc23)c1. The molecule has 0 spiro atoms. The summed E-state index contributed by atoms with van der Waals surface area (Å²) in [6, 6.07) is 44.2. The number of ether oxygens (including phenoxy) is 2. The molecular formula is C54H58BBrN10O4. The number of hydrogen-bond acceptors (Lipinski definition) is 14. The Labute approximate surface area is 418 Å². The molecule has 0 aliphatic carbocycles. The van der Waals surface area contributed by atoms with Gasteiger partial charge in [-0.05, 0) is 134 Å². The van der Waals surface area contributed by atoms with Gasteiger partial charge < -0.3 is 50.7 Å².